The zero-order valence-corrected chi connectivity index (χ0v) is 14.1. The molecule has 2 atom stereocenters. The Morgan fingerprint density at radius 3 is 2.75 bits per heavy atom. The average Bonchev–Trinajstić information content (AvgIpc) is 3.22. The molecule has 0 unspecified atom stereocenters. The van der Waals surface area contributed by atoms with Gasteiger partial charge in [0.05, 0.1) is 11.8 Å². The molecule has 4 rings (SSSR count). The number of β-amino-alcohol motifs (C(OH)–C–C–N with tert-alkyl or cyclic N) is 1. The highest BCUT2D eigenvalue weighted by atomic mass is 16.7. The van der Waals surface area contributed by atoms with Gasteiger partial charge in [-0.15, -0.1) is 0 Å². The van der Waals surface area contributed by atoms with Crippen LogP contribution < -0.4 is 9.47 Å². The Hall–Kier alpha value is -2.05. The lowest BCUT2D eigenvalue weighted by Gasteiger charge is -2.17. The zero-order chi connectivity index (χ0) is 16.7. The number of likely N-dealkylation sites (tertiary alicyclic amines) is 1. The monoisotopic (exact) mass is 329 g/mol. The summed E-state index contributed by atoms with van der Waals surface area (Å²) in [6.07, 6.45) is 0.499. The highest BCUT2D eigenvalue weighted by molar-refractivity contribution is 5.48. The van der Waals surface area contributed by atoms with Crippen molar-refractivity contribution in [2.45, 2.75) is 32.9 Å². The number of aryl methyl sites for hydroxylation is 2. The molecule has 24 heavy (non-hydrogen) atoms. The van der Waals surface area contributed by atoms with Crippen molar-refractivity contribution in [2.24, 2.45) is 5.92 Å². The molecule has 2 aliphatic rings. The van der Waals surface area contributed by atoms with E-state index in [0.29, 0.717) is 13.3 Å². The van der Waals surface area contributed by atoms with Gasteiger partial charge < -0.3 is 14.6 Å². The van der Waals surface area contributed by atoms with Crippen molar-refractivity contribution >= 4 is 0 Å². The van der Waals surface area contributed by atoms with Crippen LogP contribution in [-0.2, 0) is 13.0 Å². The predicted octanol–water partition coefficient (Wildman–Crippen LogP) is 1.79. The maximum atomic E-state index is 10.4. The fourth-order valence-electron chi connectivity index (χ4n) is 3.62. The van der Waals surface area contributed by atoms with Gasteiger partial charge in [-0.3, -0.25) is 10.00 Å². The van der Waals surface area contributed by atoms with Crippen LogP contribution in [0, 0.1) is 19.8 Å². The smallest absolute Gasteiger partial charge is 0.231 e. The molecule has 0 amide bonds. The summed E-state index contributed by atoms with van der Waals surface area (Å²) in [5, 5.41) is 17.7. The van der Waals surface area contributed by atoms with E-state index in [0.717, 1.165) is 42.4 Å². The Balaban J connectivity index is 1.43. The number of nitrogens with zero attached hydrogens (tertiary/aromatic N) is 2. The molecular formula is C18H23N3O3. The maximum Gasteiger partial charge on any atom is 0.231 e. The van der Waals surface area contributed by atoms with E-state index in [4.69, 9.17) is 9.47 Å². The van der Waals surface area contributed by atoms with Gasteiger partial charge in [0.25, 0.3) is 0 Å². The molecule has 0 spiro atoms. The van der Waals surface area contributed by atoms with Crippen molar-refractivity contribution in [3.05, 3.63) is 40.7 Å². The van der Waals surface area contributed by atoms with E-state index in [9.17, 15) is 5.11 Å². The van der Waals surface area contributed by atoms with Crippen molar-refractivity contribution in [1.29, 1.82) is 0 Å². The SMILES string of the molecule is Cc1cc(C[C@@H]2CN(Cc3cc4c(cc3C)OCO4)C[C@@H]2O)n[nH]1. The Bertz CT molecular complexity index is 743. The van der Waals surface area contributed by atoms with Gasteiger partial charge in [0.2, 0.25) is 6.79 Å². The van der Waals surface area contributed by atoms with Gasteiger partial charge >= 0.3 is 0 Å². The number of aliphatic hydroxyl groups excluding tert-OH is 1. The summed E-state index contributed by atoms with van der Waals surface area (Å²) in [5.74, 6) is 1.87. The number of hydrogen-bond acceptors (Lipinski definition) is 5. The third-order valence-electron chi connectivity index (χ3n) is 4.94. The van der Waals surface area contributed by atoms with Gasteiger partial charge in [0, 0.05) is 31.2 Å². The summed E-state index contributed by atoms with van der Waals surface area (Å²) in [4.78, 5) is 2.30. The van der Waals surface area contributed by atoms with Crippen molar-refractivity contribution < 1.29 is 14.6 Å². The minimum Gasteiger partial charge on any atom is -0.454 e. The Morgan fingerprint density at radius 1 is 1.21 bits per heavy atom. The summed E-state index contributed by atoms with van der Waals surface area (Å²) in [7, 11) is 0. The molecule has 1 aromatic heterocycles. The van der Waals surface area contributed by atoms with Crippen LogP contribution in [-0.4, -0.2) is 46.2 Å². The van der Waals surface area contributed by atoms with Crippen LogP contribution in [0.1, 0.15) is 22.5 Å². The number of ether oxygens (including phenoxy) is 2. The number of rotatable bonds is 4. The van der Waals surface area contributed by atoms with Gasteiger partial charge in [-0.05, 0) is 49.6 Å². The molecule has 2 aromatic rings. The van der Waals surface area contributed by atoms with E-state index in [1.165, 1.54) is 11.1 Å². The van der Waals surface area contributed by atoms with Crippen molar-refractivity contribution in [2.75, 3.05) is 19.9 Å². The highest BCUT2D eigenvalue weighted by Gasteiger charge is 2.32. The van der Waals surface area contributed by atoms with Crippen molar-refractivity contribution in [3.63, 3.8) is 0 Å². The fourth-order valence-corrected chi connectivity index (χ4v) is 3.62. The third kappa shape index (κ3) is 2.99. The first-order valence-corrected chi connectivity index (χ1v) is 8.39. The van der Waals surface area contributed by atoms with Gasteiger partial charge in [-0.25, -0.2) is 0 Å². The number of nitrogens with one attached hydrogen (secondary N) is 1. The molecule has 128 valence electrons. The Kier molecular flexibility index (Phi) is 3.94. The van der Waals surface area contributed by atoms with Crippen LogP contribution in [0.4, 0.5) is 0 Å². The van der Waals surface area contributed by atoms with Gasteiger partial charge in [0.15, 0.2) is 11.5 Å². The number of H-pyrrole nitrogens is 1. The molecule has 0 saturated carbocycles. The van der Waals surface area contributed by atoms with E-state index in [1.54, 1.807) is 0 Å². The standard InChI is InChI=1S/C18H23N3O3/c1-11-3-17-18(24-10-23-17)6-13(11)7-21-8-14(16(22)9-21)5-15-4-12(2)19-20-15/h3-4,6,14,16,22H,5,7-10H2,1-2H3,(H,19,20)/t14-,16+/m1/s1. The van der Waals surface area contributed by atoms with E-state index in [1.807, 2.05) is 13.0 Å². The molecule has 6 nitrogen and oxygen atoms in total. The molecule has 2 aliphatic heterocycles. The van der Waals surface area contributed by atoms with Gasteiger partial charge in [0.1, 0.15) is 0 Å². The van der Waals surface area contributed by atoms with Crippen LogP contribution in [0.25, 0.3) is 0 Å². The second-order valence-electron chi connectivity index (χ2n) is 6.90. The number of aliphatic hydroxyl groups is 1. The van der Waals surface area contributed by atoms with Crippen LogP contribution in [0.15, 0.2) is 18.2 Å². The third-order valence-corrected chi connectivity index (χ3v) is 4.94. The molecule has 0 bridgehead atoms. The second kappa shape index (κ2) is 6.11. The first kappa shape index (κ1) is 15.5. The number of benzene rings is 1. The predicted molar refractivity (Wildman–Crippen MR) is 89.1 cm³/mol. The molecule has 1 fully saturated rings. The van der Waals surface area contributed by atoms with Crippen LogP contribution >= 0.6 is 0 Å². The summed E-state index contributed by atoms with van der Waals surface area (Å²) < 4.78 is 10.9. The molecular weight excluding hydrogens is 306 g/mol. The summed E-state index contributed by atoms with van der Waals surface area (Å²) in [6.45, 7) is 6.77. The number of fused-ring (bicyclic) bond motifs is 1. The number of hydrogen-bond donors (Lipinski definition) is 2. The van der Waals surface area contributed by atoms with E-state index in [2.05, 4.69) is 34.2 Å². The quantitative estimate of drug-likeness (QED) is 0.895. The average molecular weight is 329 g/mol. The normalized spacial score (nSPS) is 23.1. The number of aromatic nitrogens is 2. The van der Waals surface area contributed by atoms with Gasteiger partial charge in [-0.2, -0.15) is 5.10 Å². The van der Waals surface area contributed by atoms with Crippen LogP contribution in [0.2, 0.25) is 0 Å². The minimum atomic E-state index is -0.309. The van der Waals surface area contributed by atoms with E-state index < -0.39 is 0 Å². The largest absolute Gasteiger partial charge is 0.454 e. The fraction of sp³-hybridized carbons (Fsp3) is 0.500. The molecule has 3 heterocycles. The lowest BCUT2D eigenvalue weighted by Crippen LogP contribution is -2.21. The molecule has 1 aromatic carbocycles. The molecule has 0 aliphatic carbocycles. The molecule has 6 heteroatoms. The van der Waals surface area contributed by atoms with Gasteiger partial charge in [-0.1, -0.05) is 0 Å². The van der Waals surface area contributed by atoms with E-state index in [-0.39, 0.29) is 12.0 Å². The lowest BCUT2D eigenvalue weighted by molar-refractivity contribution is 0.140. The molecule has 0 radical (unpaired) electrons. The van der Waals surface area contributed by atoms with Crippen molar-refractivity contribution in [3.8, 4) is 11.5 Å². The Labute approximate surface area is 141 Å². The van der Waals surface area contributed by atoms with Crippen molar-refractivity contribution in [1.82, 2.24) is 15.1 Å². The van der Waals surface area contributed by atoms with Crippen LogP contribution in [0.3, 0.4) is 0 Å². The first-order chi connectivity index (χ1) is 11.6. The summed E-state index contributed by atoms with van der Waals surface area (Å²) >= 11 is 0. The minimum absolute atomic E-state index is 0.224. The zero-order valence-electron chi connectivity index (χ0n) is 14.1. The first-order valence-electron chi connectivity index (χ1n) is 8.39. The summed E-state index contributed by atoms with van der Waals surface area (Å²) in [5.41, 5.74) is 4.51. The molecule has 2 N–H and O–H groups in total. The molecule has 1 saturated heterocycles. The van der Waals surface area contributed by atoms with Crippen LogP contribution in [0.5, 0.6) is 11.5 Å². The Morgan fingerprint density at radius 2 is 2.00 bits per heavy atom. The summed E-state index contributed by atoms with van der Waals surface area (Å²) in [6, 6.07) is 6.15. The second-order valence-corrected chi connectivity index (χ2v) is 6.90. The lowest BCUT2D eigenvalue weighted by atomic mass is 10.00. The maximum absolute atomic E-state index is 10.4. The topological polar surface area (TPSA) is 70.6 Å². The highest BCUT2D eigenvalue weighted by Crippen LogP contribution is 2.35. The number of aromatic amines is 1. The van der Waals surface area contributed by atoms with E-state index >= 15 is 0 Å².